The Morgan fingerprint density at radius 3 is 2.43 bits per heavy atom. The Morgan fingerprint density at radius 1 is 1.11 bits per heavy atom. The van der Waals surface area contributed by atoms with Crippen molar-refractivity contribution in [3.05, 3.63) is 65.2 Å². The molecule has 0 fully saturated rings. The van der Waals surface area contributed by atoms with Crippen LogP contribution in [-0.4, -0.2) is 22.1 Å². The highest BCUT2D eigenvalue weighted by molar-refractivity contribution is 6.30. The summed E-state index contributed by atoms with van der Waals surface area (Å²) in [5, 5.41) is 7.89. The second-order valence-electron chi connectivity index (χ2n) is 6.27. The highest BCUT2D eigenvalue weighted by atomic mass is 35.5. The van der Waals surface area contributed by atoms with Crippen LogP contribution in [0.4, 0.5) is 19.0 Å². The zero-order chi connectivity index (χ0) is 19.9. The lowest BCUT2D eigenvalue weighted by Gasteiger charge is -2.12. The number of amides is 1. The van der Waals surface area contributed by atoms with Crippen LogP contribution in [0.1, 0.15) is 11.6 Å². The maximum Gasteiger partial charge on any atom is 0.573 e. The first kappa shape index (κ1) is 18.4. The Bertz CT molecular complexity index is 1010. The number of carbonyl (C=O) groups is 1. The topological polar surface area (TPSA) is 56.2 Å². The predicted molar refractivity (Wildman–Crippen MR) is 97.2 cm³/mol. The molecule has 5 nitrogen and oxygen atoms in total. The smallest absolute Gasteiger partial charge is 0.406 e. The fourth-order valence-electron chi connectivity index (χ4n) is 3.04. The SMILES string of the molecule is O=C1Nc2cc(-c3ccc(Cl)cc3)nn2C1Cc1ccc(OC(F)(F)F)cc1. The van der Waals surface area contributed by atoms with Crippen molar-refractivity contribution in [1.82, 2.24) is 9.78 Å². The van der Waals surface area contributed by atoms with E-state index in [-0.39, 0.29) is 18.1 Å². The van der Waals surface area contributed by atoms with Gasteiger partial charge in [0, 0.05) is 23.1 Å². The summed E-state index contributed by atoms with van der Waals surface area (Å²) in [6.07, 6.45) is -4.46. The van der Waals surface area contributed by atoms with Crippen molar-refractivity contribution in [2.75, 3.05) is 5.32 Å². The number of nitrogens with one attached hydrogen (secondary N) is 1. The standard InChI is InChI=1S/C19H13ClF3N3O2/c20-13-5-3-12(4-6-13)15-10-17-24-18(27)16(26(17)25-15)9-11-1-7-14(8-2-11)28-19(21,22)23/h1-8,10,16H,9H2,(H,24,27). The summed E-state index contributed by atoms with van der Waals surface area (Å²) in [7, 11) is 0. The fourth-order valence-corrected chi connectivity index (χ4v) is 3.16. The van der Waals surface area contributed by atoms with E-state index in [9.17, 15) is 18.0 Å². The molecule has 9 heteroatoms. The van der Waals surface area contributed by atoms with Gasteiger partial charge in [0.1, 0.15) is 17.6 Å². The van der Waals surface area contributed by atoms with Crippen molar-refractivity contribution in [1.29, 1.82) is 0 Å². The van der Waals surface area contributed by atoms with Crippen LogP contribution in [0.5, 0.6) is 5.75 Å². The van der Waals surface area contributed by atoms with E-state index in [1.165, 1.54) is 24.3 Å². The number of carbonyl (C=O) groups excluding carboxylic acids is 1. The summed E-state index contributed by atoms with van der Waals surface area (Å²) < 4.78 is 42.2. The third kappa shape index (κ3) is 3.82. The number of hydrogen-bond donors (Lipinski definition) is 1. The molecule has 4 rings (SSSR count). The van der Waals surface area contributed by atoms with Gasteiger partial charge in [0.25, 0.3) is 5.91 Å². The van der Waals surface area contributed by atoms with E-state index in [2.05, 4.69) is 15.2 Å². The number of ether oxygens (including phenoxy) is 1. The molecule has 2 heterocycles. The van der Waals surface area contributed by atoms with Gasteiger partial charge in [-0.15, -0.1) is 13.2 Å². The molecule has 2 aromatic carbocycles. The quantitative estimate of drug-likeness (QED) is 0.673. The van der Waals surface area contributed by atoms with E-state index in [4.69, 9.17) is 11.6 Å². The average Bonchev–Trinajstić information content (AvgIpc) is 3.15. The van der Waals surface area contributed by atoms with Crippen LogP contribution in [0, 0.1) is 0 Å². The van der Waals surface area contributed by atoms with Gasteiger partial charge in [-0.25, -0.2) is 4.68 Å². The third-order valence-corrected chi connectivity index (χ3v) is 4.56. The molecule has 1 unspecified atom stereocenters. The van der Waals surface area contributed by atoms with Crippen molar-refractivity contribution in [2.45, 2.75) is 18.8 Å². The minimum Gasteiger partial charge on any atom is -0.406 e. The van der Waals surface area contributed by atoms with Gasteiger partial charge in [0.05, 0.1) is 5.69 Å². The molecule has 1 amide bonds. The lowest BCUT2D eigenvalue weighted by molar-refractivity contribution is -0.274. The van der Waals surface area contributed by atoms with E-state index < -0.39 is 12.4 Å². The van der Waals surface area contributed by atoms with Gasteiger partial charge >= 0.3 is 6.36 Å². The Labute approximate surface area is 162 Å². The molecular formula is C19H13ClF3N3O2. The van der Waals surface area contributed by atoms with Gasteiger partial charge in [0.15, 0.2) is 0 Å². The monoisotopic (exact) mass is 407 g/mol. The number of nitrogens with zero attached hydrogens (tertiary/aromatic N) is 2. The van der Waals surface area contributed by atoms with Crippen molar-refractivity contribution < 1.29 is 22.7 Å². The highest BCUT2D eigenvalue weighted by Crippen LogP contribution is 2.32. The van der Waals surface area contributed by atoms with Crippen molar-refractivity contribution >= 4 is 23.3 Å². The molecule has 28 heavy (non-hydrogen) atoms. The van der Waals surface area contributed by atoms with E-state index in [0.717, 1.165) is 5.56 Å². The van der Waals surface area contributed by atoms with Crippen LogP contribution in [0.3, 0.4) is 0 Å². The Kier molecular flexibility index (Phi) is 4.50. The molecule has 0 spiro atoms. The van der Waals surface area contributed by atoms with Gasteiger partial charge < -0.3 is 10.1 Å². The van der Waals surface area contributed by atoms with Gasteiger partial charge in [-0.1, -0.05) is 35.9 Å². The van der Waals surface area contributed by atoms with E-state index in [1.54, 1.807) is 22.9 Å². The molecule has 1 aliphatic rings. The predicted octanol–water partition coefficient (Wildman–Crippen LogP) is 4.84. The molecular weight excluding hydrogens is 395 g/mol. The first-order valence-electron chi connectivity index (χ1n) is 8.29. The average molecular weight is 408 g/mol. The van der Waals surface area contributed by atoms with Gasteiger partial charge in [-0.3, -0.25) is 4.79 Å². The van der Waals surface area contributed by atoms with Gasteiger partial charge in [-0.2, -0.15) is 5.10 Å². The molecule has 1 aliphatic heterocycles. The Hall–Kier alpha value is -3.00. The molecule has 0 radical (unpaired) electrons. The number of rotatable bonds is 4. The minimum atomic E-state index is -4.74. The summed E-state index contributed by atoms with van der Waals surface area (Å²) in [6.45, 7) is 0. The van der Waals surface area contributed by atoms with Crippen LogP contribution in [0.15, 0.2) is 54.6 Å². The maximum absolute atomic E-state index is 12.3. The summed E-state index contributed by atoms with van der Waals surface area (Å²) in [5.74, 6) is 0.0367. The molecule has 0 saturated heterocycles. The zero-order valence-electron chi connectivity index (χ0n) is 14.2. The van der Waals surface area contributed by atoms with Crippen LogP contribution in [-0.2, 0) is 11.2 Å². The van der Waals surface area contributed by atoms with Crippen molar-refractivity contribution in [2.24, 2.45) is 0 Å². The molecule has 1 N–H and O–H groups in total. The molecule has 0 aliphatic carbocycles. The fraction of sp³-hybridized carbons (Fsp3) is 0.158. The van der Waals surface area contributed by atoms with Crippen LogP contribution in [0.25, 0.3) is 11.3 Å². The second kappa shape index (κ2) is 6.87. The molecule has 144 valence electrons. The molecule has 0 bridgehead atoms. The van der Waals surface area contributed by atoms with Crippen molar-refractivity contribution in [3.63, 3.8) is 0 Å². The van der Waals surface area contributed by atoms with E-state index >= 15 is 0 Å². The van der Waals surface area contributed by atoms with E-state index in [1.807, 2.05) is 12.1 Å². The summed E-state index contributed by atoms with van der Waals surface area (Å²) in [5.41, 5.74) is 2.23. The second-order valence-corrected chi connectivity index (χ2v) is 6.70. The largest absolute Gasteiger partial charge is 0.573 e. The number of alkyl halides is 3. The third-order valence-electron chi connectivity index (χ3n) is 4.31. The Morgan fingerprint density at radius 2 is 1.79 bits per heavy atom. The first-order valence-corrected chi connectivity index (χ1v) is 8.67. The zero-order valence-corrected chi connectivity index (χ0v) is 15.0. The number of fused-ring (bicyclic) bond motifs is 1. The van der Waals surface area contributed by atoms with Gasteiger partial charge in [0.2, 0.25) is 0 Å². The number of aromatic nitrogens is 2. The molecule has 0 saturated carbocycles. The highest BCUT2D eigenvalue weighted by Gasteiger charge is 2.33. The Balaban J connectivity index is 1.54. The summed E-state index contributed by atoms with van der Waals surface area (Å²) >= 11 is 5.90. The van der Waals surface area contributed by atoms with Crippen LogP contribution < -0.4 is 10.1 Å². The van der Waals surface area contributed by atoms with Gasteiger partial charge in [-0.05, 0) is 29.8 Å². The van der Waals surface area contributed by atoms with Crippen LogP contribution >= 0.6 is 11.6 Å². The minimum absolute atomic E-state index is 0.222. The first-order chi connectivity index (χ1) is 13.3. The normalized spacial score (nSPS) is 16.0. The van der Waals surface area contributed by atoms with E-state index in [0.29, 0.717) is 22.1 Å². The molecule has 1 atom stereocenters. The lowest BCUT2D eigenvalue weighted by Crippen LogP contribution is -2.19. The summed E-state index contributed by atoms with van der Waals surface area (Å²) in [6, 6.07) is 13.8. The number of anilines is 1. The van der Waals surface area contributed by atoms with Crippen LogP contribution in [0.2, 0.25) is 5.02 Å². The molecule has 1 aromatic heterocycles. The molecule has 3 aromatic rings. The van der Waals surface area contributed by atoms with Crippen molar-refractivity contribution in [3.8, 4) is 17.0 Å². The summed E-state index contributed by atoms with van der Waals surface area (Å²) in [4.78, 5) is 12.3. The maximum atomic E-state index is 12.3. The lowest BCUT2D eigenvalue weighted by atomic mass is 10.1. The number of benzene rings is 2. The number of halogens is 4. The number of hydrogen-bond acceptors (Lipinski definition) is 3.